The number of nitrogens with zero attached hydrogens (tertiary/aromatic N) is 1. The molecule has 0 radical (unpaired) electrons. The molecule has 0 atom stereocenters. The van der Waals surface area contributed by atoms with E-state index in [1.807, 2.05) is 24.3 Å². The predicted molar refractivity (Wildman–Crippen MR) is 73.3 cm³/mol. The Labute approximate surface area is 112 Å². The van der Waals surface area contributed by atoms with Gasteiger partial charge in [0, 0.05) is 0 Å². The Morgan fingerprint density at radius 2 is 1.74 bits per heavy atom. The maximum absolute atomic E-state index is 13.4. The van der Waals surface area contributed by atoms with Crippen molar-refractivity contribution < 1.29 is 8.78 Å². The van der Waals surface area contributed by atoms with Crippen LogP contribution in [0, 0.1) is 11.6 Å². The Morgan fingerprint density at radius 3 is 2.47 bits per heavy atom. The number of thiazole rings is 1. The lowest BCUT2D eigenvalue weighted by molar-refractivity contribution is 0.588. The van der Waals surface area contributed by atoms with E-state index in [4.69, 9.17) is 0 Å². The van der Waals surface area contributed by atoms with Crippen LogP contribution in [-0.2, 0) is 6.54 Å². The molecule has 0 amide bonds. The van der Waals surface area contributed by atoms with Gasteiger partial charge in [-0.1, -0.05) is 18.2 Å². The van der Waals surface area contributed by atoms with Gasteiger partial charge in [-0.3, -0.25) is 0 Å². The zero-order valence-corrected chi connectivity index (χ0v) is 10.7. The molecule has 3 aromatic rings. The van der Waals surface area contributed by atoms with E-state index in [0.29, 0.717) is 6.54 Å². The van der Waals surface area contributed by atoms with Gasteiger partial charge in [0.1, 0.15) is 22.3 Å². The van der Waals surface area contributed by atoms with Crippen molar-refractivity contribution in [1.29, 1.82) is 0 Å². The van der Waals surface area contributed by atoms with Crippen LogP contribution in [0.4, 0.5) is 14.5 Å². The van der Waals surface area contributed by atoms with Gasteiger partial charge in [-0.2, -0.15) is 0 Å². The third kappa shape index (κ3) is 2.42. The van der Waals surface area contributed by atoms with Gasteiger partial charge in [-0.15, -0.1) is 11.3 Å². The van der Waals surface area contributed by atoms with Crippen molar-refractivity contribution in [3.8, 4) is 0 Å². The molecule has 0 saturated heterocycles. The molecule has 1 heterocycles. The fourth-order valence-corrected chi connectivity index (χ4v) is 2.73. The fourth-order valence-electron chi connectivity index (χ4n) is 1.83. The van der Waals surface area contributed by atoms with E-state index in [-0.39, 0.29) is 5.69 Å². The second-order valence-electron chi connectivity index (χ2n) is 4.03. The molecular formula is C14H10F2N2S. The van der Waals surface area contributed by atoms with Crippen molar-refractivity contribution in [2.75, 3.05) is 5.32 Å². The van der Waals surface area contributed by atoms with E-state index in [1.165, 1.54) is 29.5 Å². The molecule has 1 N–H and O–H groups in total. The maximum Gasteiger partial charge on any atom is 0.149 e. The molecule has 0 aliphatic rings. The van der Waals surface area contributed by atoms with E-state index in [9.17, 15) is 8.78 Å². The first-order valence-electron chi connectivity index (χ1n) is 5.76. The fraction of sp³-hybridized carbons (Fsp3) is 0.0714. The summed E-state index contributed by atoms with van der Waals surface area (Å²) in [4.78, 5) is 4.40. The first-order chi connectivity index (χ1) is 9.24. The summed E-state index contributed by atoms with van der Waals surface area (Å²) in [6, 6.07) is 11.5. The molecule has 2 nitrogen and oxygen atoms in total. The first-order valence-corrected chi connectivity index (χ1v) is 6.58. The van der Waals surface area contributed by atoms with Crippen molar-refractivity contribution in [2.24, 2.45) is 0 Å². The highest BCUT2D eigenvalue weighted by Gasteiger charge is 2.09. The van der Waals surface area contributed by atoms with Crippen LogP contribution in [0.5, 0.6) is 0 Å². The number of halogens is 2. The Balaban J connectivity index is 1.82. The van der Waals surface area contributed by atoms with E-state index < -0.39 is 11.6 Å². The zero-order chi connectivity index (χ0) is 13.2. The van der Waals surface area contributed by atoms with Crippen molar-refractivity contribution in [1.82, 2.24) is 4.98 Å². The number of hydrogen-bond acceptors (Lipinski definition) is 3. The van der Waals surface area contributed by atoms with E-state index in [1.54, 1.807) is 0 Å². The van der Waals surface area contributed by atoms with Crippen LogP contribution < -0.4 is 5.32 Å². The minimum absolute atomic E-state index is 0.109. The van der Waals surface area contributed by atoms with Crippen LogP contribution in [0.1, 0.15) is 5.01 Å². The average molecular weight is 276 g/mol. The maximum atomic E-state index is 13.4. The Bertz CT molecular complexity index is 671. The highest BCUT2D eigenvalue weighted by atomic mass is 32.1. The molecule has 96 valence electrons. The van der Waals surface area contributed by atoms with E-state index >= 15 is 0 Å². The number of hydrogen-bond donors (Lipinski definition) is 1. The number of rotatable bonds is 3. The molecule has 0 aliphatic heterocycles. The number of fused-ring (bicyclic) bond motifs is 1. The molecule has 19 heavy (non-hydrogen) atoms. The van der Waals surface area contributed by atoms with Crippen molar-refractivity contribution in [2.45, 2.75) is 6.54 Å². The Morgan fingerprint density at radius 1 is 1.00 bits per heavy atom. The molecule has 2 aromatic carbocycles. The normalized spacial score (nSPS) is 10.8. The zero-order valence-electron chi connectivity index (χ0n) is 9.86. The lowest BCUT2D eigenvalue weighted by Crippen LogP contribution is -2.03. The summed E-state index contributed by atoms with van der Waals surface area (Å²) in [5.74, 6) is -1.19. The van der Waals surface area contributed by atoms with Gasteiger partial charge in [0.25, 0.3) is 0 Å². The van der Waals surface area contributed by atoms with Crippen LogP contribution >= 0.6 is 11.3 Å². The molecule has 0 saturated carbocycles. The highest BCUT2D eigenvalue weighted by Crippen LogP contribution is 2.24. The predicted octanol–water partition coefficient (Wildman–Crippen LogP) is 4.19. The van der Waals surface area contributed by atoms with Crippen LogP contribution in [0.25, 0.3) is 10.2 Å². The van der Waals surface area contributed by atoms with Crippen LogP contribution in [0.15, 0.2) is 42.5 Å². The monoisotopic (exact) mass is 276 g/mol. The van der Waals surface area contributed by atoms with E-state index in [2.05, 4.69) is 10.3 Å². The molecule has 0 fully saturated rings. The minimum atomic E-state index is -0.596. The van der Waals surface area contributed by atoms with Gasteiger partial charge in [0.2, 0.25) is 0 Å². The first kappa shape index (κ1) is 12.0. The van der Waals surface area contributed by atoms with Crippen molar-refractivity contribution in [3.05, 3.63) is 59.1 Å². The van der Waals surface area contributed by atoms with E-state index in [0.717, 1.165) is 15.2 Å². The summed E-state index contributed by atoms with van der Waals surface area (Å²) in [7, 11) is 0. The number of para-hydroxylation sites is 2. The van der Waals surface area contributed by atoms with Crippen LogP contribution in [0.3, 0.4) is 0 Å². The van der Waals surface area contributed by atoms with Crippen molar-refractivity contribution >= 4 is 27.2 Å². The quantitative estimate of drug-likeness (QED) is 0.776. The number of aromatic nitrogens is 1. The van der Waals surface area contributed by atoms with Crippen molar-refractivity contribution in [3.63, 3.8) is 0 Å². The smallest absolute Gasteiger partial charge is 0.149 e. The summed E-state index contributed by atoms with van der Waals surface area (Å²) < 4.78 is 27.9. The third-order valence-corrected chi connectivity index (χ3v) is 3.75. The second kappa shape index (κ2) is 4.93. The molecule has 0 aliphatic carbocycles. The summed E-state index contributed by atoms with van der Waals surface area (Å²) in [5.41, 5.74) is 0.792. The lowest BCUT2D eigenvalue weighted by atomic mass is 10.3. The van der Waals surface area contributed by atoms with Gasteiger partial charge >= 0.3 is 0 Å². The topological polar surface area (TPSA) is 24.9 Å². The Kier molecular flexibility index (Phi) is 3.13. The summed E-state index contributed by atoms with van der Waals surface area (Å²) in [6.07, 6.45) is 0. The van der Waals surface area contributed by atoms with Gasteiger partial charge < -0.3 is 5.32 Å². The molecule has 0 bridgehead atoms. The largest absolute Gasteiger partial charge is 0.374 e. The molecule has 5 heteroatoms. The van der Waals surface area contributed by atoms with Gasteiger partial charge in [-0.25, -0.2) is 13.8 Å². The Hall–Kier alpha value is -2.01. The SMILES string of the molecule is Fc1cccc(F)c1NCc1nc2ccccc2s1. The molecule has 1 aromatic heterocycles. The number of benzene rings is 2. The summed E-state index contributed by atoms with van der Waals surface area (Å²) >= 11 is 1.51. The molecule has 0 spiro atoms. The average Bonchev–Trinajstić information content (AvgIpc) is 2.81. The summed E-state index contributed by atoms with van der Waals surface area (Å²) in [5, 5.41) is 3.55. The van der Waals surface area contributed by atoms with Crippen LogP contribution in [-0.4, -0.2) is 4.98 Å². The standard InChI is InChI=1S/C14H10F2N2S/c15-9-4-3-5-10(16)14(9)17-8-13-18-11-6-1-2-7-12(11)19-13/h1-7,17H,8H2. The van der Waals surface area contributed by atoms with Gasteiger partial charge in [0.05, 0.1) is 16.8 Å². The molecule has 0 unspecified atom stereocenters. The second-order valence-corrected chi connectivity index (χ2v) is 5.14. The number of anilines is 1. The highest BCUT2D eigenvalue weighted by molar-refractivity contribution is 7.18. The van der Waals surface area contributed by atoms with Gasteiger partial charge in [0.15, 0.2) is 0 Å². The molecule has 3 rings (SSSR count). The third-order valence-electron chi connectivity index (χ3n) is 2.72. The minimum Gasteiger partial charge on any atom is -0.374 e. The van der Waals surface area contributed by atoms with Gasteiger partial charge in [-0.05, 0) is 24.3 Å². The number of nitrogens with one attached hydrogen (secondary N) is 1. The molecular weight excluding hydrogens is 266 g/mol. The summed E-state index contributed by atoms with van der Waals surface area (Å²) in [6.45, 7) is 0.303. The lowest BCUT2D eigenvalue weighted by Gasteiger charge is -2.06. The van der Waals surface area contributed by atoms with Crippen LogP contribution in [0.2, 0.25) is 0 Å².